The van der Waals surface area contributed by atoms with Crippen LogP contribution in [0.15, 0.2) is 53.3 Å². The molecule has 3 aromatic rings. The van der Waals surface area contributed by atoms with Crippen LogP contribution in [0.1, 0.15) is 56.6 Å². The van der Waals surface area contributed by atoms with Gasteiger partial charge in [0, 0.05) is 13.0 Å². The first-order valence-corrected chi connectivity index (χ1v) is 11.8. The molecule has 0 fully saturated rings. The SMILES string of the molecule is Cc1ccc(Cn2nc(CCCc3ccc(OC(C)(C)C(=O)O)cc3)n(CC(C)C)c2=O)cc1. The van der Waals surface area contributed by atoms with Crippen LogP contribution in [0.3, 0.4) is 0 Å². The quantitative estimate of drug-likeness (QED) is 0.451. The maximum absolute atomic E-state index is 13.0. The van der Waals surface area contributed by atoms with E-state index in [1.54, 1.807) is 16.8 Å². The fourth-order valence-corrected chi connectivity index (χ4v) is 3.70. The number of hydrogen-bond acceptors (Lipinski definition) is 4. The first kappa shape index (κ1) is 25.3. The lowest BCUT2D eigenvalue weighted by Crippen LogP contribution is -2.37. The summed E-state index contributed by atoms with van der Waals surface area (Å²) in [5, 5.41) is 13.9. The summed E-state index contributed by atoms with van der Waals surface area (Å²) in [5.74, 6) is 0.674. The molecule has 0 amide bonds. The molecule has 182 valence electrons. The van der Waals surface area contributed by atoms with Crippen molar-refractivity contribution in [2.45, 2.75) is 72.6 Å². The Kier molecular flexibility index (Phi) is 7.97. The normalized spacial score (nSPS) is 11.7. The van der Waals surface area contributed by atoms with E-state index in [2.05, 4.69) is 18.9 Å². The standard InChI is InChI=1S/C27H35N3O4/c1-19(2)17-29-24(28-30(26(29)33)18-22-11-9-20(3)10-12-22)8-6-7-21-13-15-23(16-14-21)34-27(4,5)25(31)32/h9-16,19H,6-8,17-18H2,1-5H3,(H,31,32). The Bertz CT molecular complexity index is 1160. The number of carbonyl (C=O) groups is 1. The van der Waals surface area contributed by atoms with Crippen molar-refractivity contribution >= 4 is 5.97 Å². The van der Waals surface area contributed by atoms with Gasteiger partial charge in [-0.05, 0) is 62.8 Å². The van der Waals surface area contributed by atoms with Gasteiger partial charge in [0.25, 0.3) is 0 Å². The van der Waals surface area contributed by atoms with Crippen molar-refractivity contribution < 1.29 is 14.6 Å². The van der Waals surface area contributed by atoms with Crippen molar-refractivity contribution in [2.75, 3.05) is 0 Å². The summed E-state index contributed by atoms with van der Waals surface area (Å²) in [6, 6.07) is 15.7. The highest BCUT2D eigenvalue weighted by Gasteiger charge is 2.29. The summed E-state index contributed by atoms with van der Waals surface area (Å²) in [7, 11) is 0. The van der Waals surface area contributed by atoms with Crippen molar-refractivity contribution in [1.29, 1.82) is 0 Å². The number of ether oxygens (including phenoxy) is 1. The van der Waals surface area contributed by atoms with Crippen molar-refractivity contribution in [1.82, 2.24) is 14.3 Å². The van der Waals surface area contributed by atoms with E-state index in [0.717, 1.165) is 29.8 Å². The van der Waals surface area contributed by atoms with Crippen molar-refractivity contribution in [3.63, 3.8) is 0 Å². The van der Waals surface area contributed by atoms with Crippen LogP contribution >= 0.6 is 0 Å². The molecule has 1 heterocycles. The number of nitrogens with zero attached hydrogens (tertiary/aromatic N) is 3. The molecule has 0 aliphatic carbocycles. The van der Waals surface area contributed by atoms with Gasteiger partial charge < -0.3 is 9.84 Å². The van der Waals surface area contributed by atoms with Gasteiger partial charge in [0.1, 0.15) is 11.6 Å². The molecule has 1 aromatic heterocycles. The summed E-state index contributed by atoms with van der Waals surface area (Å²) in [5.41, 5.74) is 2.03. The first-order valence-electron chi connectivity index (χ1n) is 11.8. The molecule has 3 rings (SSSR count). The van der Waals surface area contributed by atoms with Gasteiger partial charge >= 0.3 is 11.7 Å². The van der Waals surface area contributed by atoms with Gasteiger partial charge in [-0.3, -0.25) is 4.57 Å². The van der Waals surface area contributed by atoms with Crippen LogP contribution in [0.25, 0.3) is 0 Å². The molecule has 0 aliphatic heterocycles. The molecule has 1 N–H and O–H groups in total. The zero-order valence-corrected chi connectivity index (χ0v) is 20.7. The maximum atomic E-state index is 13.0. The Hall–Kier alpha value is -3.35. The smallest absolute Gasteiger partial charge is 0.347 e. The molecule has 34 heavy (non-hydrogen) atoms. The van der Waals surface area contributed by atoms with Crippen LogP contribution in [0.5, 0.6) is 5.75 Å². The average molecular weight is 466 g/mol. The van der Waals surface area contributed by atoms with Gasteiger partial charge in [0.2, 0.25) is 0 Å². The molecule has 0 saturated carbocycles. The summed E-state index contributed by atoms with van der Waals surface area (Å²) >= 11 is 0. The monoisotopic (exact) mass is 465 g/mol. The Morgan fingerprint density at radius 1 is 1.03 bits per heavy atom. The lowest BCUT2D eigenvalue weighted by molar-refractivity contribution is -0.152. The van der Waals surface area contributed by atoms with Crippen molar-refractivity contribution in [3.8, 4) is 5.75 Å². The van der Waals surface area contributed by atoms with Crippen LogP contribution < -0.4 is 10.4 Å². The van der Waals surface area contributed by atoms with E-state index in [4.69, 9.17) is 4.74 Å². The number of rotatable bonds is 11. The molecule has 0 aliphatic rings. The number of carboxylic acids is 1. The molecule has 0 radical (unpaired) electrons. The fraction of sp³-hybridized carbons (Fsp3) is 0.444. The highest BCUT2D eigenvalue weighted by molar-refractivity contribution is 5.76. The first-order chi connectivity index (χ1) is 16.0. The van der Waals surface area contributed by atoms with E-state index in [0.29, 0.717) is 31.2 Å². The Morgan fingerprint density at radius 2 is 1.65 bits per heavy atom. The van der Waals surface area contributed by atoms with Crippen LogP contribution in [0.4, 0.5) is 0 Å². The Labute approximate surface area is 201 Å². The van der Waals surface area contributed by atoms with E-state index < -0.39 is 11.6 Å². The van der Waals surface area contributed by atoms with Crippen LogP contribution in [-0.2, 0) is 30.7 Å². The number of hydrogen-bond donors (Lipinski definition) is 1. The van der Waals surface area contributed by atoms with E-state index >= 15 is 0 Å². The molecular weight excluding hydrogens is 430 g/mol. The molecular formula is C27H35N3O4. The van der Waals surface area contributed by atoms with E-state index in [1.165, 1.54) is 19.4 Å². The predicted molar refractivity (Wildman–Crippen MR) is 132 cm³/mol. The zero-order valence-electron chi connectivity index (χ0n) is 20.7. The lowest BCUT2D eigenvalue weighted by atomic mass is 10.1. The van der Waals surface area contributed by atoms with Gasteiger partial charge in [-0.15, -0.1) is 0 Å². The van der Waals surface area contributed by atoms with Crippen LogP contribution in [-0.4, -0.2) is 31.0 Å². The Morgan fingerprint density at radius 3 is 2.24 bits per heavy atom. The Balaban J connectivity index is 1.67. The highest BCUT2D eigenvalue weighted by atomic mass is 16.5. The topological polar surface area (TPSA) is 86.3 Å². The molecule has 0 spiro atoms. The fourth-order valence-electron chi connectivity index (χ4n) is 3.70. The highest BCUT2D eigenvalue weighted by Crippen LogP contribution is 2.20. The third-order valence-electron chi connectivity index (χ3n) is 5.68. The van der Waals surface area contributed by atoms with Gasteiger partial charge in [-0.1, -0.05) is 55.8 Å². The maximum Gasteiger partial charge on any atom is 0.347 e. The summed E-state index contributed by atoms with van der Waals surface area (Å²) in [6.07, 6.45) is 2.37. The second-order valence-electron chi connectivity index (χ2n) is 9.76. The second-order valence-corrected chi connectivity index (χ2v) is 9.76. The van der Waals surface area contributed by atoms with Gasteiger partial charge in [0.05, 0.1) is 6.54 Å². The van der Waals surface area contributed by atoms with Gasteiger partial charge in [-0.2, -0.15) is 5.10 Å². The van der Waals surface area contributed by atoms with Gasteiger partial charge in [0.15, 0.2) is 5.60 Å². The number of aliphatic carboxylic acids is 1. The third-order valence-corrected chi connectivity index (χ3v) is 5.68. The molecule has 0 saturated heterocycles. The van der Waals surface area contributed by atoms with Crippen LogP contribution in [0.2, 0.25) is 0 Å². The van der Waals surface area contributed by atoms with E-state index in [1.807, 2.05) is 47.9 Å². The number of aryl methyl sites for hydroxylation is 3. The average Bonchev–Trinajstić information content (AvgIpc) is 3.05. The van der Waals surface area contributed by atoms with Crippen LogP contribution in [0, 0.1) is 12.8 Å². The second kappa shape index (κ2) is 10.7. The summed E-state index contributed by atoms with van der Waals surface area (Å²) in [4.78, 5) is 24.3. The van der Waals surface area contributed by atoms with Crippen molar-refractivity contribution in [3.05, 3.63) is 81.5 Å². The third kappa shape index (κ3) is 6.59. The van der Waals surface area contributed by atoms with Crippen molar-refractivity contribution in [2.24, 2.45) is 5.92 Å². The van der Waals surface area contributed by atoms with Gasteiger partial charge in [-0.25, -0.2) is 14.3 Å². The minimum Gasteiger partial charge on any atom is -0.478 e. The zero-order chi connectivity index (χ0) is 24.9. The summed E-state index contributed by atoms with van der Waals surface area (Å²) in [6.45, 7) is 10.4. The minimum absolute atomic E-state index is 0.0631. The largest absolute Gasteiger partial charge is 0.478 e. The molecule has 7 heteroatoms. The number of benzene rings is 2. The lowest BCUT2D eigenvalue weighted by Gasteiger charge is -2.21. The predicted octanol–water partition coefficient (Wildman–Crippen LogP) is 4.47. The molecule has 2 aromatic carbocycles. The molecule has 7 nitrogen and oxygen atoms in total. The number of carboxylic acid groups (broad SMARTS) is 1. The number of aromatic nitrogens is 3. The van der Waals surface area contributed by atoms with E-state index in [-0.39, 0.29) is 5.69 Å². The summed E-state index contributed by atoms with van der Waals surface area (Å²) < 4.78 is 8.94. The molecule has 0 bridgehead atoms. The molecule has 0 unspecified atom stereocenters. The van der Waals surface area contributed by atoms with E-state index in [9.17, 15) is 14.7 Å². The minimum atomic E-state index is -1.28. The molecule has 0 atom stereocenters.